The van der Waals surface area contributed by atoms with Crippen molar-refractivity contribution in [2.75, 3.05) is 0 Å². The van der Waals surface area contributed by atoms with E-state index in [0.717, 1.165) is 39.9 Å². The zero-order chi connectivity index (χ0) is 43.6. The number of carbonyl (C=O) groups is 6. The van der Waals surface area contributed by atoms with Crippen molar-refractivity contribution in [3.05, 3.63) is 130 Å². The predicted molar refractivity (Wildman–Crippen MR) is 229 cm³/mol. The number of ketones is 2. The Hall–Kier alpha value is -5.44. The van der Waals surface area contributed by atoms with E-state index in [-0.39, 0.29) is 42.7 Å². The fourth-order valence-corrected chi connectivity index (χ4v) is 6.78. The van der Waals surface area contributed by atoms with Gasteiger partial charge in [0, 0.05) is 19.3 Å². The van der Waals surface area contributed by atoms with Crippen LogP contribution in [0.3, 0.4) is 0 Å². The molecule has 0 bridgehead atoms. The van der Waals surface area contributed by atoms with Gasteiger partial charge in [-0.3, -0.25) is 24.0 Å². The fourth-order valence-electron chi connectivity index (χ4n) is 6.78. The van der Waals surface area contributed by atoms with Crippen LogP contribution < -0.4 is 0 Å². The van der Waals surface area contributed by atoms with E-state index >= 15 is 0 Å². The first-order chi connectivity index (χ1) is 27.2. The van der Waals surface area contributed by atoms with Gasteiger partial charge in [-0.2, -0.15) is 0 Å². The molecule has 2 aliphatic rings. The number of rotatable bonds is 19. The topological polar surface area (TPSA) is 141 Å². The molecule has 0 saturated carbocycles. The van der Waals surface area contributed by atoms with Gasteiger partial charge >= 0.3 is 17.9 Å². The number of aldehydes is 1. The second-order valence-corrected chi connectivity index (χ2v) is 16.0. The smallest absolute Gasteiger partial charge is 0.307 e. The molecule has 0 amide bonds. The maximum absolute atomic E-state index is 13.1. The Kier molecular flexibility index (Phi) is 19.4. The zero-order valence-corrected chi connectivity index (χ0v) is 36.0. The van der Waals surface area contributed by atoms with E-state index in [1.807, 2.05) is 127 Å². The maximum atomic E-state index is 13.1. The summed E-state index contributed by atoms with van der Waals surface area (Å²) in [5.41, 5.74) is 6.33. The molecule has 0 heterocycles. The highest BCUT2D eigenvalue weighted by Crippen LogP contribution is 2.44. The van der Waals surface area contributed by atoms with Crippen LogP contribution in [0.1, 0.15) is 114 Å². The van der Waals surface area contributed by atoms with Crippen LogP contribution in [0.4, 0.5) is 0 Å². The van der Waals surface area contributed by atoms with E-state index < -0.39 is 35.5 Å². The number of allylic oxidation sites excluding steroid dienone is 20. The van der Waals surface area contributed by atoms with Gasteiger partial charge in [0.1, 0.15) is 6.29 Å². The molecule has 1 N–H and O–H groups in total. The van der Waals surface area contributed by atoms with Gasteiger partial charge in [0.15, 0.2) is 23.8 Å². The van der Waals surface area contributed by atoms with Gasteiger partial charge in [-0.15, -0.1) is 0 Å². The van der Waals surface area contributed by atoms with E-state index in [1.54, 1.807) is 13.8 Å². The van der Waals surface area contributed by atoms with Gasteiger partial charge in [0.25, 0.3) is 0 Å². The number of carbonyl (C=O) groups excluding carboxylic acids is 5. The average molecular weight is 795 g/mol. The Bertz CT molecular complexity index is 1930. The molecular formula is C49H62O9. The normalized spacial score (nSPS) is 22.7. The Morgan fingerprint density at radius 1 is 0.655 bits per heavy atom. The molecule has 0 aromatic carbocycles. The van der Waals surface area contributed by atoms with Gasteiger partial charge in [0.05, 0.1) is 19.3 Å². The molecule has 0 radical (unpaired) electrons. The van der Waals surface area contributed by atoms with Gasteiger partial charge in [-0.1, -0.05) is 135 Å². The van der Waals surface area contributed by atoms with E-state index in [1.165, 1.54) is 0 Å². The lowest BCUT2D eigenvalue weighted by atomic mass is 9.68. The van der Waals surface area contributed by atoms with Gasteiger partial charge in [-0.25, -0.2) is 0 Å². The van der Waals surface area contributed by atoms with Crippen molar-refractivity contribution < 1.29 is 43.3 Å². The van der Waals surface area contributed by atoms with Crippen LogP contribution in [0.2, 0.25) is 0 Å². The summed E-state index contributed by atoms with van der Waals surface area (Å²) in [4.78, 5) is 71.7. The van der Waals surface area contributed by atoms with Crippen LogP contribution in [0, 0.1) is 10.8 Å². The van der Waals surface area contributed by atoms with Gasteiger partial charge < -0.3 is 19.4 Å². The minimum atomic E-state index is -1.09. The lowest BCUT2D eigenvalue weighted by molar-refractivity contribution is -0.157. The quantitative estimate of drug-likeness (QED) is 0.0768. The third kappa shape index (κ3) is 15.5. The van der Waals surface area contributed by atoms with Crippen molar-refractivity contribution >= 4 is 35.8 Å². The highest BCUT2D eigenvalue weighted by atomic mass is 16.6. The first-order valence-electron chi connectivity index (χ1n) is 19.9. The predicted octanol–water partition coefficient (Wildman–Crippen LogP) is 10.2. The Balaban J connectivity index is 2.00. The second kappa shape index (κ2) is 23.1. The van der Waals surface area contributed by atoms with E-state index in [4.69, 9.17) is 14.6 Å². The average Bonchev–Trinajstić information content (AvgIpc) is 3.15. The fraction of sp³-hybridized carbons (Fsp3) is 0.429. The second-order valence-electron chi connectivity index (χ2n) is 16.0. The molecule has 312 valence electrons. The molecule has 3 unspecified atom stereocenters. The van der Waals surface area contributed by atoms with Crippen molar-refractivity contribution in [1.29, 1.82) is 0 Å². The van der Waals surface area contributed by atoms with E-state index in [9.17, 15) is 28.8 Å². The third-order valence-electron chi connectivity index (χ3n) is 10.5. The minimum Gasteiger partial charge on any atom is -0.481 e. The summed E-state index contributed by atoms with van der Waals surface area (Å²) in [6.45, 7) is 19.7. The molecule has 2 rings (SSSR count). The monoisotopic (exact) mass is 794 g/mol. The summed E-state index contributed by atoms with van der Waals surface area (Å²) in [7, 11) is 0. The molecule has 0 fully saturated rings. The SMILES string of the molecule is CCC1(C)CC(OC(=O)CCC=O)C(=O)C(C)=C1/C=C/C(C)=C/C=C/C(C)=C/C=C/C=C(C)/C=C/C=C(C)/C=C/C1=C(C)C(=O)C(OC(=O)CCC(=O)O)CC1(C)C. The number of esters is 2. The van der Waals surface area contributed by atoms with Crippen LogP contribution in [-0.4, -0.2) is 53.1 Å². The number of ether oxygens (including phenoxy) is 2. The maximum Gasteiger partial charge on any atom is 0.307 e. The molecule has 58 heavy (non-hydrogen) atoms. The van der Waals surface area contributed by atoms with Crippen LogP contribution in [-0.2, 0) is 38.2 Å². The zero-order valence-electron chi connectivity index (χ0n) is 36.0. The molecule has 0 saturated heterocycles. The lowest BCUT2D eigenvalue weighted by Gasteiger charge is -2.38. The van der Waals surface area contributed by atoms with Crippen LogP contribution >= 0.6 is 0 Å². The van der Waals surface area contributed by atoms with Crippen LogP contribution in [0.15, 0.2) is 130 Å². The number of hydrogen-bond acceptors (Lipinski definition) is 8. The number of aliphatic carboxylic acids is 1. The summed E-state index contributed by atoms with van der Waals surface area (Å²) in [5, 5.41) is 8.81. The van der Waals surface area contributed by atoms with Crippen molar-refractivity contribution in [1.82, 2.24) is 0 Å². The van der Waals surface area contributed by atoms with Crippen molar-refractivity contribution in [2.24, 2.45) is 10.8 Å². The number of carboxylic acid groups (broad SMARTS) is 1. The number of carboxylic acids is 1. The van der Waals surface area contributed by atoms with Gasteiger partial charge in [0.2, 0.25) is 0 Å². The Morgan fingerprint density at radius 2 is 1.09 bits per heavy atom. The number of Topliss-reactive ketones (excluding diaryl/α,β-unsaturated/α-hetero) is 2. The first-order valence-corrected chi connectivity index (χ1v) is 19.9. The molecular weight excluding hydrogens is 733 g/mol. The van der Waals surface area contributed by atoms with E-state index in [0.29, 0.717) is 30.3 Å². The standard InChI is InChI=1S/C49H62O9/c1-11-49(10)32-42(58-44(53)23-16-30-50)47(56)38(7)40(49)27-25-36(5)22-15-20-34(3)18-13-12-17-33(2)19-14-21-35(4)24-26-39-37(6)46(55)41(31-48(39,8)9)57-45(54)29-28-43(51)52/h12-15,17-22,24-27,30,41-42H,11,16,23,28-29,31-32H2,1-10H3,(H,51,52)/b13-12+,19-14+,20-15+,26-24+,27-25+,33-17+,34-18+,35-21+,36-22+. The van der Waals surface area contributed by atoms with Crippen molar-refractivity contribution in [2.45, 2.75) is 126 Å². The molecule has 0 aliphatic heterocycles. The van der Waals surface area contributed by atoms with Crippen LogP contribution in [0.5, 0.6) is 0 Å². The Labute approximate surface area is 345 Å². The highest BCUT2D eigenvalue weighted by molar-refractivity contribution is 6.02. The largest absolute Gasteiger partial charge is 0.481 e. The minimum absolute atomic E-state index is 0.0262. The van der Waals surface area contributed by atoms with Crippen molar-refractivity contribution in [3.63, 3.8) is 0 Å². The molecule has 9 heteroatoms. The summed E-state index contributed by atoms with van der Waals surface area (Å²) >= 11 is 0. The summed E-state index contributed by atoms with van der Waals surface area (Å²) in [5.74, 6) is -2.75. The molecule has 0 aromatic heterocycles. The molecule has 0 spiro atoms. The van der Waals surface area contributed by atoms with E-state index in [2.05, 4.69) is 13.8 Å². The molecule has 9 nitrogen and oxygen atoms in total. The summed E-state index contributed by atoms with van der Waals surface area (Å²) in [6, 6.07) is 0. The van der Waals surface area contributed by atoms with Crippen LogP contribution in [0.25, 0.3) is 0 Å². The highest BCUT2D eigenvalue weighted by Gasteiger charge is 2.42. The summed E-state index contributed by atoms with van der Waals surface area (Å²) in [6.07, 6.45) is 27.7. The van der Waals surface area contributed by atoms with Crippen molar-refractivity contribution in [3.8, 4) is 0 Å². The molecule has 2 aliphatic carbocycles. The first kappa shape index (κ1) is 48.7. The van der Waals surface area contributed by atoms with Gasteiger partial charge in [-0.05, 0) is 81.1 Å². The number of hydrogen-bond donors (Lipinski definition) is 1. The molecule has 0 aromatic rings. The molecule has 3 atom stereocenters. The Morgan fingerprint density at radius 3 is 1.57 bits per heavy atom. The lowest BCUT2D eigenvalue weighted by Crippen LogP contribution is -2.40. The third-order valence-corrected chi connectivity index (χ3v) is 10.5. The summed E-state index contributed by atoms with van der Waals surface area (Å²) < 4.78 is 10.8.